The zero-order valence-corrected chi connectivity index (χ0v) is 23.7. The molecule has 4 aromatic rings. The van der Waals surface area contributed by atoms with Gasteiger partial charge in [-0.3, -0.25) is 9.59 Å². The number of nitrogens with one attached hydrogen (secondary N) is 2. The molecule has 12 nitrogen and oxygen atoms in total. The first kappa shape index (κ1) is 28.6. The summed E-state index contributed by atoms with van der Waals surface area (Å²) in [6.45, 7) is 0. The highest BCUT2D eigenvalue weighted by atomic mass is 16.7. The van der Waals surface area contributed by atoms with Gasteiger partial charge in [0.05, 0.1) is 22.8 Å². The Hall–Kier alpha value is -5.52. The molecule has 2 aromatic heterocycles. The van der Waals surface area contributed by atoms with Crippen molar-refractivity contribution in [3.05, 3.63) is 108 Å². The zero-order chi connectivity index (χ0) is 30.5. The highest BCUT2D eigenvalue weighted by Gasteiger charge is 2.30. The van der Waals surface area contributed by atoms with Gasteiger partial charge in [0.2, 0.25) is 11.8 Å². The number of rotatable bonds is 8. The molecule has 6 rings (SSSR count). The quantitative estimate of drug-likeness (QED) is 0.296. The van der Waals surface area contributed by atoms with Crippen molar-refractivity contribution in [2.45, 2.75) is 38.5 Å². The Balaban J connectivity index is 0.990. The van der Waals surface area contributed by atoms with E-state index in [9.17, 15) is 19.2 Å². The van der Waals surface area contributed by atoms with Crippen LogP contribution in [0.4, 0.5) is 11.4 Å². The van der Waals surface area contributed by atoms with E-state index in [1.807, 2.05) is 60.7 Å². The molecular formula is C32H30N6O6. The fourth-order valence-electron chi connectivity index (χ4n) is 5.46. The average Bonchev–Trinajstić information content (AvgIpc) is 3.64. The predicted molar refractivity (Wildman–Crippen MR) is 158 cm³/mol. The summed E-state index contributed by atoms with van der Waals surface area (Å²) in [6, 6.07) is 18.5. The smallest absolute Gasteiger partial charge is 0.331 e. The molecule has 0 fully saturated rings. The molecule has 224 valence electrons. The average molecular weight is 595 g/mol. The molecule has 0 spiro atoms. The fraction of sp³-hybridized carbons (Fsp3) is 0.250. The fourth-order valence-corrected chi connectivity index (χ4v) is 5.46. The minimum Gasteiger partial charge on any atom is -0.331 e. The topological polar surface area (TPSA) is 146 Å². The van der Waals surface area contributed by atoms with E-state index in [-0.39, 0.29) is 23.7 Å². The normalized spacial score (nSPS) is 17.3. The minimum atomic E-state index is -0.786. The van der Waals surface area contributed by atoms with Crippen LogP contribution in [0.25, 0.3) is 0 Å². The molecule has 2 N–H and O–H groups in total. The molecule has 2 amide bonds. The summed E-state index contributed by atoms with van der Waals surface area (Å²) in [6.07, 6.45) is 7.72. The second kappa shape index (κ2) is 12.8. The lowest BCUT2D eigenvalue weighted by Gasteiger charge is -2.21. The van der Waals surface area contributed by atoms with Gasteiger partial charge in [-0.25, -0.2) is 19.6 Å². The number of aromatic nitrogens is 4. The van der Waals surface area contributed by atoms with Crippen LogP contribution in [-0.2, 0) is 44.9 Å². The van der Waals surface area contributed by atoms with E-state index >= 15 is 0 Å². The van der Waals surface area contributed by atoms with E-state index in [0.29, 0.717) is 61.3 Å². The van der Waals surface area contributed by atoms with Crippen molar-refractivity contribution in [2.75, 3.05) is 10.6 Å². The third kappa shape index (κ3) is 6.59. The van der Waals surface area contributed by atoms with E-state index in [1.54, 1.807) is 0 Å². The zero-order valence-electron chi connectivity index (χ0n) is 23.7. The van der Waals surface area contributed by atoms with Crippen LogP contribution >= 0.6 is 0 Å². The Morgan fingerprint density at radius 3 is 1.48 bits per heavy atom. The number of para-hydroxylation sites is 2. The SMILES string of the molecule is O=C(/C=C/C(=O)On1cnc2c1CCC(C(=O)Nc1ccccc1)C2)On1cnc2c1CCC(C(=O)Nc1ccccc1)C2. The maximum Gasteiger partial charge on any atom is 0.356 e. The van der Waals surface area contributed by atoms with Crippen LogP contribution in [0.5, 0.6) is 0 Å². The maximum atomic E-state index is 12.7. The first-order valence-corrected chi connectivity index (χ1v) is 14.4. The van der Waals surface area contributed by atoms with Gasteiger partial charge in [0.1, 0.15) is 12.7 Å². The number of hydrogen-bond donors (Lipinski definition) is 2. The van der Waals surface area contributed by atoms with Gasteiger partial charge in [0, 0.05) is 48.2 Å². The molecule has 0 aliphatic heterocycles. The molecule has 2 unspecified atom stereocenters. The van der Waals surface area contributed by atoms with Crippen LogP contribution in [0, 0.1) is 11.8 Å². The Morgan fingerprint density at radius 1 is 0.659 bits per heavy atom. The van der Waals surface area contributed by atoms with Crippen LogP contribution in [0.1, 0.15) is 35.6 Å². The Kier molecular flexibility index (Phi) is 8.30. The number of carbonyl (C=O) groups excluding carboxylic acids is 4. The third-order valence-corrected chi connectivity index (χ3v) is 7.73. The van der Waals surface area contributed by atoms with Gasteiger partial charge in [0.15, 0.2) is 0 Å². The van der Waals surface area contributed by atoms with Crippen molar-refractivity contribution in [2.24, 2.45) is 11.8 Å². The highest BCUT2D eigenvalue weighted by molar-refractivity contribution is 5.94. The predicted octanol–water partition coefficient (Wildman–Crippen LogP) is 2.73. The summed E-state index contributed by atoms with van der Waals surface area (Å²) in [7, 11) is 0. The standard InChI is InChI=1S/C32H30N6O6/c39-29(43-37-19-33-25-17-21(11-13-27(25)37)31(41)35-23-7-3-1-4-8-23)15-16-30(40)44-38-20-34-26-18-22(12-14-28(26)38)32(42)36-24-9-5-2-6-10-24/h1-10,15-16,19-22H,11-14,17-18H2,(H,35,41)(H,36,42)/b16-15+. The molecule has 2 heterocycles. The first-order valence-electron chi connectivity index (χ1n) is 14.4. The number of nitrogens with zero attached hydrogens (tertiary/aromatic N) is 4. The van der Waals surface area contributed by atoms with E-state index in [0.717, 1.165) is 23.5 Å². The molecule has 12 heteroatoms. The lowest BCUT2D eigenvalue weighted by molar-refractivity contribution is -0.141. The van der Waals surface area contributed by atoms with Crippen LogP contribution in [0.3, 0.4) is 0 Å². The molecule has 2 aliphatic rings. The largest absolute Gasteiger partial charge is 0.356 e. The molecule has 2 aromatic carbocycles. The molecule has 2 atom stereocenters. The van der Waals surface area contributed by atoms with Gasteiger partial charge >= 0.3 is 11.9 Å². The molecule has 44 heavy (non-hydrogen) atoms. The van der Waals surface area contributed by atoms with Gasteiger partial charge in [-0.1, -0.05) is 36.4 Å². The van der Waals surface area contributed by atoms with Crippen molar-refractivity contribution in [1.82, 2.24) is 19.4 Å². The first-order chi connectivity index (χ1) is 21.4. The highest BCUT2D eigenvalue weighted by Crippen LogP contribution is 2.27. The van der Waals surface area contributed by atoms with Gasteiger partial charge in [-0.05, 0) is 49.9 Å². The molecule has 0 saturated carbocycles. The van der Waals surface area contributed by atoms with E-state index in [1.165, 1.54) is 22.1 Å². The Bertz CT molecular complexity index is 1590. The van der Waals surface area contributed by atoms with Gasteiger partial charge < -0.3 is 20.3 Å². The lowest BCUT2D eigenvalue weighted by atomic mass is 9.89. The molecule has 0 bridgehead atoms. The molecule has 0 saturated heterocycles. The van der Waals surface area contributed by atoms with Crippen LogP contribution in [-0.4, -0.2) is 43.2 Å². The van der Waals surface area contributed by atoms with Crippen LogP contribution in [0.15, 0.2) is 85.5 Å². The third-order valence-electron chi connectivity index (χ3n) is 7.73. The van der Waals surface area contributed by atoms with E-state index in [4.69, 9.17) is 9.68 Å². The summed E-state index contributed by atoms with van der Waals surface area (Å²) in [4.78, 5) is 69.7. The molecule has 0 radical (unpaired) electrons. The molecule has 2 aliphatic carbocycles. The summed E-state index contributed by atoms with van der Waals surface area (Å²) >= 11 is 0. The second-order valence-electron chi connectivity index (χ2n) is 10.7. The number of carbonyl (C=O) groups is 4. The number of imidazole rings is 2. The van der Waals surface area contributed by atoms with Crippen molar-refractivity contribution < 1.29 is 28.9 Å². The summed E-state index contributed by atoms with van der Waals surface area (Å²) in [5.41, 5.74) is 4.25. The minimum absolute atomic E-state index is 0.0811. The van der Waals surface area contributed by atoms with Gasteiger partial charge in [0.25, 0.3) is 0 Å². The molecular weight excluding hydrogens is 564 g/mol. The number of amides is 2. The summed E-state index contributed by atoms with van der Waals surface area (Å²) in [5, 5.41) is 5.84. The lowest BCUT2D eigenvalue weighted by Crippen LogP contribution is -2.30. The van der Waals surface area contributed by atoms with Crippen LogP contribution in [0.2, 0.25) is 0 Å². The second-order valence-corrected chi connectivity index (χ2v) is 10.7. The van der Waals surface area contributed by atoms with Gasteiger partial charge in [-0.15, -0.1) is 0 Å². The number of hydrogen-bond acceptors (Lipinski definition) is 8. The van der Waals surface area contributed by atoms with Crippen molar-refractivity contribution >= 4 is 35.1 Å². The van der Waals surface area contributed by atoms with Crippen molar-refractivity contribution in [3.63, 3.8) is 0 Å². The number of fused-ring (bicyclic) bond motifs is 2. The maximum absolute atomic E-state index is 12.7. The Labute approximate surface area is 252 Å². The van der Waals surface area contributed by atoms with E-state index in [2.05, 4.69) is 20.6 Å². The van der Waals surface area contributed by atoms with Gasteiger partial charge in [-0.2, -0.15) is 9.46 Å². The Morgan fingerprint density at radius 2 is 1.07 bits per heavy atom. The van der Waals surface area contributed by atoms with Crippen molar-refractivity contribution in [3.8, 4) is 0 Å². The van der Waals surface area contributed by atoms with E-state index < -0.39 is 11.9 Å². The van der Waals surface area contributed by atoms with Crippen molar-refractivity contribution in [1.29, 1.82) is 0 Å². The summed E-state index contributed by atoms with van der Waals surface area (Å²) < 4.78 is 2.55. The monoisotopic (exact) mass is 594 g/mol. The summed E-state index contributed by atoms with van der Waals surface area (Å²) in [5.74, 6) is -2.23. The van der Waals surface area contributed by atoms with Crippen LogP contribution < -0.4 is 20.3 Å². The number of benzene rings is 2. The number of anilines is 2.